The first-order valence-corrected chi connectivity index (χ1v) is 9.43. The van der Waals surface area contributed by atoms with Crippen molar-refractivity contribution in [1.29, 1.82) is 0 Å². The van der Waals surface area contributed by atoms with Crippen molar-refractivity contribution in [2.24, 2.45) is 5.41 Å². The largest absolute Gasteiger partial charge is 0.318 e. The SMILES string of the molecule is CCCCN1Cn2c(nc(C)c2-c2ccc(C(F)(F)C(C)(C)C)cc2)C1=O. The van der Waals surface area contributed by atoms with Gasteiger partial charge in [0, 0.05) is 23.1 Å². The maximum atomic E-state index is 14.6. The molecule has 0 N–H and O–H groups in total. The van der Waals surface area contributed by atoms with E-state index in [0.717, 1.165) is 29.8 Å². The number of carbonyl (C=O) groups excluding carboxylic acids is 1. The molecule has 0 atom stereocenters. The lowest BCUT2D eigenvalue weighted by molar-refractivity contribution is -0.104. The monoisotopic (exact) mass is 375 g/mol. The normalized spacial score (nSPS) is 14.8. The Labute approximate surface area is 159 Å². The molecule has 1 aliphatic rings. The minimum atomic E-state index is -2.92. The molecule has 0 aliphatic carbocycles. The van der Waals surface area contributed by atoms with Gasteiger partial charge in [-0.2, -0.15) is 0 Å². The highest BCUT2D eigenvalue weighted by molar-refractivity contribution is 5.94. The summed E-state index contributed by atoms with van der Waals surface area (Å²) in [4.78, 5) is 18.8. The van der Waals surface area contributed by atoms with Crippen LogP contribution in [0.4, 0.5) is 8.78 Å². The van der Waals surface area contributed by atoms with E-state index in [-0.39, 0.29) is 11.5 Å². The van der Waals surface area contributed by atoms with E-state index in [1.165, 1.54) is 32.9 Å². The molecule has 27 heavy (non-hydrogen) atoms. The van der Waals surface area contributed by atoms with Crippen molar-refractivity contribution in [2.45, 2.75) is 60.1 Å². The Morgan fingerprint density at radius 1 is 1.15 bits per heavy atom. The van der Waals surface area contributed by atoms with Gasteiger partial charge in [0.25, 0.3) is 11.8 Å². The van der Waals surface area contributed by atoms with Gasteiger partial charge >= 0.3 is 0 Å². The molecule has 1 aromatic carbocycles. The van der Waals surface area contributed by atoms with E-state index in [0.29, 0.717) is 19.0 Å². The van der Waals surface area contributed by atoms with Crippen molar-refractivity contribution in [3.8, 4) is 11.3 Å². The smallest absolute Gasteiger partial charge is 0.291 e. The molecule has 0 saturated heterocycles. The number of rotatable bonds is 5. The molecule has 0 spiro atoms. The van der Waals surface area contributed by atoms with E-state index in [1.807, 2.05) is 11.5 Å². The Kier molecular flexibility index (Phi) is 4.87. The summed E-state index contributed by atoms with van der Waals surface area (Å²) >= 11 is 0. The number of carbonyl (C=O) groups is 1. The first-order valence-electron chi connectivity index (χ1n) is 9.43. The topological polar surface area (TPSA) is 38.1 Å². The van der Waals surface area contributed by atoms with Crippen molar-refractivity contribution >= 4 is 5.91 Å². The minimum absolute atomic E-state index is 0.00166. The fraction of sp³-hybridized carbons (Fsp3) is 0.524. The van der Waals surface area contributed by atoms with E-state index in [9.17, 15) is 13.6 Å². The van der Waals surface area contributed by atoms with Crippen molar-refractivity contribution in [3.63, 3.8) is 0 Å². The molecular weight excluding hydrogens is 348 g/mol. The molecular formula is C21H27F2N3O. The van der Waals surface area contributed by atoms with Gasteiger partial charge in [-0.3, -0.25) is 4.79 Å². The average Bonchev–Trinajstić information content (AvgIpc) is 3.07. The second-order valence-electron chi connectivity index (χ2n) is 8.26. The summed E-state index contributed by atoms with van der Waals surface area (Å²) in [6, 6.07) is 6.36. The number of fused-ring (bicyclic) bond motifs is 1. The Bertz CT molecular complexity index is 848. The van der Waals surface area contributed by atoms with E-state index < -0.39 is 11.3 Å². The number of alkyl halides is 2. The number of benzene rings is 1. The van der Waals surface area contributed by atoms with Crippen molar-refractivity contribution < 1.29 is 13.6 Å². The maximum absolute atomic E-state index is 14.6. The van der Waals surface area contributed by atoms with Crippen LogP contribution < -0.4 is 0 Å². The van der Waals surface area contributed by atoms with Gasteiger partial charge in [0.1, 0.15) is 0 Å². The Morgan fingerprint density at radius 2 is 1.78 bits per heavy atom. The molecule has 6 heteroatoms. The lowest BCUT2D eigenvalue weighted by Gasteiger charge is -2.30. The summed E-state index contributed by atoms with van der Waals surface area (Å²) in [5.74, 6) is -2.55. The van der Waals surface area contributed by atoms with Gasteiger partial charge in [-0.25, -0.2) is 13.8 Å². The summed E-state index contributed by atoms with van der Waals surface area (Å²) < 4.78 is 31.1. The van der Waals surface area contributed by atoms with Crippen LogP contribution >= 0.6 is 0 Å². The van der Waals surface area contributed by atoms with Gasteiger partial charge in [0.15, 0.2) is 0 Å². The Hall–Kier alpha value is -2.24. The number of aryl methyl sites for hydroxylation is 1. The fourth-order valence-electron chi connectivity index (χ4n) is 3.41. The third-order valence-electron chi connectivity index (χ3n) is 5.18. The van der Waals surface area contributed by atoms with Crippen molar-refractivity contribution in [2.75, 3.05) is 6.54 Å². The number of amides is 1. The van der Waals surface area contributed by atoms with Gasteiger partial charge < -0.3 is 9.47 Å². The summed E-state index contributed by atoms with van der Waals surface area (Å²) in [6.07, 6.45) is 1.96. The van der Waals surface area contributed by atoms with Gasteiger partial charge in [-0.15, -0.1) is 0 Å². The number of halogens is 2. The van der Waals surface area contributed by atoms with Gasteiger partial charge in [0.05, 0.1) is 18.1 Å². The highest BCUT2D eigenvalue weighted by Gasteiger charge is 2.44. The molecule has 0 unspecified atom stereocenters. The lowest BCUT2D eigenvalue weighted by Crippen LogP contribution is -2.31. The van der Waals surface area contributed by atoms with Gasteiger partial charge in [-0.05, 0) is 13.3 Å². The minimum Gasteiger partial charge on any atom is -0.318 e. The summed E-state index contributed by atoms with van der Waals surface area (Å²) in [7, 11) is 0. The number of imidazole rings is 1. The van der Waals surface area contributed by atoms with Crippen LogP contribution in [0.25, 0.3) is 11.3 Å². The zero-order valence-corrected chi connectivity index (χ0v) is 16.6. The van der Waals surface area contributed by atoms with Crippen LogP contribution in [0.1, 0.15) is 62.4 Å². The molecule has 2 heterocycles. The predicted octanol–water partition coefficient (Wildman–Crippen LogP) is 5.21. The molecule has 3 rings (SSSR count). The zero-order valence-electron chi connectivity index (χ0n) is 16.6. The number of unbranched alkanes of at least 4 members (excludes halogenated alkanes) is 1. The van der Waals surface area contributed by atoms with Crippen LogP contribution in [-0.2, 0) is 12.6 Å². The van der Waals surface area contributed by atoms with Crippen LogP contribution in [0, 0.1) is 12.3 Å². The number of hydrogen-bond donors (Lipinski definition) is 0. The van der Waals surface area contributed by atoms with Crippen LogP contribution in [0.5, 0.6) is 0 Å². The van der Waals surface area contributed by atoms with Crippen LogP contribution in [-0.4, -0.2) is 26.9 Å². The zero-order chi connectivity index (χ0) is 20.0. The van der Waals surface area contributed by atoms with Crippen LogP contribution in [0.2, 0.25) is 0 Å². The quantitative estimate of drug-likeness (QED) is 0.719. The van der Waals surface area contributed by atoms with Gasteiger partial charge in [0.2, 0.25) is 5.82 Å². The standard InChI is InChI=1S/C21H27F2N3O/c1-6-7-12-25-13-26-17(14(2)24-18(26)19(25)27)15-8-10-16(11-9-15)21(22,23)20(3,4)5/h8-11H,6-7,12-13H2,1-5H3. The summed E-state index contributed by atoms with van der Waals surface area (Å²) in [5, 5.41) is 0. The molecule has 1 aliphatic heterocycles. The second kappa shape index (κ2) is 6.73. The second-order valence-corrected chi connectivity index (χ2v) is 8.26. The maximum Gasteiger partial charge on any atom is 0.291 e. The van der Waals surface area contributed by atoms with Crippen LogP contribution in [0.3, 0.4) is 0 Å². The molecule has 1 aromatic heterocycles. The summed E-state index contributed by atoms with van der Waals surface area (Å²) in [6.45, 7) is 9.70. The van der Waals surface area contributed by atoms with E-state index >= 15 is 0 Å². The van der Waals surface area contributed by atoms with E-state index in [1.54, 1.807) is 17.0 Å². The molecule has 0 saturated carbocycles. The average molecular weight is 375 g/mol. The molecule has 0 fully saturated rings. The lowest BCUT2D eigenvalue weighted by atomic mass is 9.83. The Balaban J connectivity index is 1.94. The van der Waals surface area contributed by atoms with E-state index in [2.05, 4.69) is 11.9 Å². The van der Waals surface area contributed by atoms with E-state index in [4.69, 9.17) is 0 Å². The molecule has 146 valence electrons. The van der Waals surface area contributed by atoms with Crippen LogP contribution in [0.15, 0.2) is 24.3 Å². The fourth-order valence-corrected chi connectivity index (χ4v) is 3.41. The third kappa shape index (κ3) is 3.26. The molecule has 1 amide bonds. The number of hydrogen-bond acceptors (Lipinski definition) is 2. The predicted molar refractivity (Wildman–Crippen MR) is 102 cm³/mol. The number of nitrogens with zero attached hydrogens (tertiary/aromatic N) is 3. The Morgan fingerprint density at radius 3 is 2.33 bits per heavy atom. The van der Waals surface area contributed by atoms with Crippen molar-refractivity contribution in [3.05, 3.63) is 41.3 Å². The third-order valence-corrected chi connectivity index (χ3v) is 5.18. The molecule has 0 bridgehead atoms. The summed E-state index contributed by atoms with van der Waals surface area (Å²) in [5.41, 5.74) is 1.20. The first kappa shape index (κ1) is 19.5. The molecule has 4 nitrogen and oxygen atoms in total. The first-order chi connectivity index (χ1) is 12.6. The highest BCUT2D eigenvalue weighted by Crippen LogP contribution is 2.44. The van der Waals surface area contributed by atoms with Gasteiger partial charge in [-0.1, -0.05) is 58.4 Å². The van der Waals surface area contributed by atoms with Crippen molar-refractivity contribution in [1.82, 2.24) is 14.5 Å². The molecule has 0 radical (unpaired) electrons. The molecule has 2 aromatic rings. The number of aromatic nitrogens is 2. The highest BCUT2D eigenvalue weighted by atomic mass is 19.3.